The second-order valence-corrected chi connectivity index (χ2v) is 16.7. The zero-order valence-electron chi connectivity index (χ0n) is 40.5. The number of carbonyl (C=O) groups is 1. The fourth-order valence-electron chi connectivity index (χ4n) is 6.95. The molecule has 6 rings (SSSR count). The molecule has 0 spiro atoms. The van der Waals surface area contributed by atoms with Crippen molar-refractivity contribution in [1.82, 2.24) is 0 Å². The lowest BCUT2D eigenvalue weighted by Crippen LogP contribution is -2.01. The van der Waals surface area contributed by atoms with Gasteiger partial charge in [0.1, 0.15) is 36.2 Å². The molecule has 0 amide bonds. The third kappa shape index (κ3) is 15.3. The summed E-state index contributed by atoms with van der Waals surface area (Å²) < 4.78 is 22.0. The molecular weight excluding hydrogens is 820 g/mol. The van der Waals surface area contributed by atoms with Crippen LogP contribution in [0.25, 0.3) is 0 Å². The third-order valence-corrected chi connectivity index (χ3v) is 12.2. The normalized spacial score (nSPS) is 10.3. The molecule has 0 saturated carbocycles. The molecule has 64 heavy (non-hydrogen) atoms. The summed E-state index contributed by atoms with van der Waals surface area (Å²) in [6.07, 6.45) is 0.792. The number of hydrogen-bond donors (Lipinski definition) is 2. The van der Waals surface area contributed by atoms with Gasteiger partial charge in [-0.25, -0.2) is 0 Å². The molecule has 0 aliphatic carbocycles. The number of benzene rings is 6. The number of hydrogen-bond acceptors (Lipinski definition) is 7. The van der Waals surface area contributed by atoms with Crippen molar-refractivity contribution < 1.29 is 34.0 Å². The highest BCUT2D eigenvalue weighted by Crippen LogP contribution is 2.28. The predicted molar refractivity (Wildman–Crippen MR) is 264 cm³/mol. The van der Waals surface area contributed by atoms with Crippen molar-refractivity contribution >= 4 is 17.9 Å². The number of carbonyl (C=O) groups excluding carboxylic acids is 1. The number of aliphatic hydroxyl groups excluding tert-OH is 2. The minimum Gasteiger partial charge on any atom is -0.497 e. The molecule has 0 unspecified atom stereocenters. The molecule has 342 valence electrons. The van der Waals surface area contributed by atoms with Crippen molar-refractivity contribution in [2.24, 2.45) is 0 Å². The Morgan fingerprint density at radius 1 is 0.453 bits per heavy atom. The van der Waals surface area contributed by atoms with E-state index < -0.39 is 0 Å². The first-order valence-corrected chi connectivity index (χ1v) is 22.0. The summed E-state index contributed by atoms with van der Waals surface area (Å²) in [4.78, 5) is 11.1. The number of halogens is 1. The fourth-order valence-corrected chi connectivity index (χ4v) is 7.10. The Kier molecular flexibility index (Phi) is 21.1. The van der Waals surface area contributed by atoms with Gasteiger partial charge in [0.15, 0.2) is 6.29 Å². The lowest BCUT2D eigenvalue weighted by Gasteiger charge is -2.13. The van der Waals surface area contributed by atoms with Crippen LogP contribution >= 0.6 is 11.6 Å². The molecule has 0 saturated heterocycles. The summed E-state index contributed by atoms with van der Waals surface area (Å²) in [6, 6.07) is 27.5. The zero-order chi connectivity index (χ0) is 47.7. The maximum Gasteiger partial charge on any atom is 0.153 e. The molecular formula is C56H69ClO7. The van der Waals surface area contributed by atoms with Gasteiger partial charge in [0, 0.05) is 23.6 Å². The molecule has 0 fully saturated rings. The van der Waals surface area contributed by atoms with E-state index in [1.165, 1.54) is 72.3 Å². The molecule has 2 N–H and O–H groups in total. The number of alkyl halides is 1. The van der Waals surface area contributed by atoms with Crippen molar-refractivity contribution in [3.05, 3.63) is 185 Å². The Bertz CT molecular complexity index is 2340. The Hall–Kier alpha value is -5.60. The van der Waals surface area contributed by atoms with E-state index in [0.29, 0.717) is 41.9 Å². The van der Waals surface area contributed by atoms with Gasteiger partial charge < -0.3 is 29.2 Å². The van der Waals surface area contributed by atoms with Crippen LogP contribution in [0.3, 0.4) is 0 Å². The average molecular weight is 890 g/mol. The zero-order valence-corrected chi connectivity index (χ0v) is 41.3. The summed E-state index contributed by atoms with van der Waals surface area (Å²) in [5.74, 6) is 3.21. The van der Waals surface area contributed by atoms with Crippen molar-refractivity contribution in [2.75, 3.05) is 14.2 Å². The molecule has 0 bridgehead atoms. The first kappa shape index (κ1) is 52.7. The van der Waals surface area contributed by atoms with Crippen LogP contribution in [-0.4, -0.2) is 30.7 Å². The number of aliphatic hydroxyl groups is 2. The Labute approximate surface area is 388 Å². The molecule has 8 heteroatoms. The summed E-state index contributed by atoms with van der Waals surface area (Å²) in [5.41, 5.74) is 21.2. The minimum atomic E-state index is -0.0503. The maximum atomic E-state index is 11.1. The van der Waals surface area contributed by atoms with E-state index in [2.05, 4.69) is 119 Å². The van der Waals surface area contributed by atoms with Gasteiger partial charge >= 0.3 is 0 Å². The van der Waals surface area contributed by atoms with Crippen molar-refractivity contribution in [3.63, 3.8) is 0 Å². The summed E-state index contributed by atoms with van der Waals surface area (Å²) in [5, 5.41) is 18.3. The van der Waals surface area contributed by atoms with Crippen LogP contribution in [0.5, 0.6) is 23.0 Å². The largest absolute Gasteiger partial charge is 0.497 e. The summed E-state index contributed by atoms with van der Waals surface area (Å²) in [6.45, 7) is 26.3. The lowest BCUT2D eigenvalue weighted by atomic mass is 10.0. The van der Waals surface area contributed by atoms with Crippen molar-refractivity contribution in [1.29, 1.82) is 0 Å². The molecule has 0 aliphatic heterocycles. The van der Waals surface area contributed by atoms with E-state index in [9.17, 15) is 9.90 Å². The second-order valence-electron chi connectivity index (χ2n) is 16.4. The average Bonchev–Trinajstić information content (AvgIpc) is 3.29. The number of rotatable bonds is 12. The van der Waals surface area contributed by atoms with E-state index in [4.69, 9.17) is 35.7 Å². The van der Waals surface area contributed by atoms with Crippen molar-refractivity contribution in [2.45, 2.75) is 115 Å². The minimum absolute atomic E-state index is 0.0503. The van der Waals surface area contributed by atoms with Gasteiger partial charge in [-0.15, -0.1) is 11.6 Å². The molecule has 0 aromatic heterocycles. The second kappa shape index (κ2) is 25.6. The molecule has 0 aliphatic rings. The topological polar surface area (TPSA) is 94.5 Å². The van der Waals surface area contributed by atoms with E-state index in [0.717, 1.165) is 34.3 Å². The number of ether oxygens (including phenoxy) is 4. The van der Waals surface area contributed by atoms with Crippen molar-refractivity contribution in [3.8, 4) is 23.0 Å². The lowest BCUT2D eigenvalue weighted by molar-refractivity contribution is 0.111. The van der Waals surface area contributed by atoms with Gasteiger partial charge in [0.05, 0.1) is 33.0 Å². The molecule has 0 radical (unpaired) electrons. The van der Waals surface area contributed by atoms with Gasteiger partial charge in [-0.3, -0.25) is 4.79 Å². The summed E-state index contributed by atoms with van der Waals surface area (Å²) in [7, 11) is 3.21. The van der Waals surface area contributed by atoms with Gasteiger partial charge in [-0.2, -0.15) is 0 Å². The van der Waals surface area contributed by atoms with Crippen LogP contribution < -0.4 is 18.9 Å². The number of aryl methyl sites for hydroxylation is 8. The van der Waals surface area contributed by atoms with E-state index >= 15 is 0 Å². The molecule has 6 aromatic rings. The van der Waals surface area contributed by atoms with Gasteiger partial charge in [-0.1, -0.05) is 48.5 Å². The molecule has 0 atom stereocenters. The van der Waals surface area contributed by atoms with E-state index in [-0.39, 0.29) is 13.2 Å². The Morgan fingerprint density at radius 3 is 1.14 bits per heavy atom. The van der Waals surface area contributed by atoms with Crippen LogP contribution in [0.2, 0.25) is 0 Å². The van der Waals surface area contributed by atoms with Gasteiger partial charge in [0.25, 0.3) is 0 Å². The third-order valence-electron chi connectivity index (χ3n) is 11.9. The van der Waals surface area contributed by atoms with Crippen LogP contribution in [0.4, 0.5) is 0 Å². The SMILES string of the molecule is COc1ccc(C=O)c(OCc2cc(C)c(C)c(C)c2)c1.COc1ccc(CO)c(OCc2cc(C)c(C)c(C)c2)c1.Cc1cc(CCl)cc(C)c1C.Cc1cc(CO)cc(C)c1C. The number of aldehydes is 1. The van der Waals surface area contributed by atoms with Crippen LogP contribution in [0, 0.1) is 83.1 Å². The first-order chi connectivity index (χ1) is 30.4. The predicted octanol–water partition coefficient (Wildman–Crippen LogP) is 13.2. The highest BCUT2D eigenvalue weighted by Gasteiger charge is 2.09. The first-order valence-electron chi connectivity index (χ1n) is 21.5. The fraction of sp³-hybridized carbons (Fsp3) is 0.339. The van der Waals surface area contributed by atoms with E-state index in [1.807, 2.05) is 24.3 Å². The van der Waals surface area contributed by atoms with E-state index in [1.54, 1.807) is 38.5 Å². The molecule has 0 heterocycles. The van der Waals surface area contributed by atoms with Crippen LogP contribution in [-0.2, 0) is 32.3 Å². The molecule has 7 nitrogen and oxygen atoms in total. The number of methoxy groups -OCH3 is 2. The summed E-state index contributed by atoms with van der Waals surface area (Å²) >= 11 is 5.72. The monoisotopic (exact) mass is 888 g/mol. The standard InChI is InChI=1S/C18H22O3.C18H20O3.C10H13Cl.C10H14O/c2*1-12-7-15(8-13(2)14(12)3)11-21-18-9-17(20-4)6-5-16(18)10-19;2*1-7-4-10(6-11)5-8(2)9(7)3/h5-9,19H,10-11H2,1-4H3;5-10H,11H2,1-4H3;4-5H,6H2,1-3H3;4-5,11H,6H2,1-3H3. The van der Waals surface area contributed by atoms with Crippen LogP contribution in [0.15, 0.2) is 84.9 Å². The Morgan fingerprint density at radius 2 is 0.797 bits per heavy atom. The maximum absolute atomic E-state index is 11.1. The Balaban J connectivity index is 0.000000237. The smallest absolute Gasteiger partial charge is 0.153 e. The molecule has 6 aromatic carbocycles. The highest BCUT2D eigenvalue weighted by atomic mass is 35.5. The highest BCUT2D eigenvalue weighted by molar-refractivity contribution is 6.17. The van der Waals surface area contributed by atoms with Gasteiger partial charge in [-0.05, 0) is 196 Å². The van der Waals surface area contributed by atoms with Crippen LogP contribution in [0.1, 0.15) is 105 Å². The van der Waals surface area contributed by atoms with Gasteiger partial charge in [0.2, 0.25) is 0 Å². The quantitative estimate of drug-likeness (QED) is 0.0933.